The number of benzene rings is 1. The maximum absolute atomic E-state index is 11.9. The lowest BCUT2D eigenvalue weighted by atomic mass is 10.1. The highest BCUT2D eigenvalue weighted by molar-refractivity contribution is 7.92. The highest BCUT2D eigenvalue weighted by atomic mass is 35.5. The molecule has 0 aliphatic carbocycles. The predicted octanol–water partition coefficient (Wildman–Crippen LogP) is 2.42. The summed E-state index contributed by atoms with van der Waals surface area (Å²) in [5.41, 5.74) is 1.96. The molecule has 8 heteroatoms. The normalized spacial score (nSPS) is 11.5. The zero-order chi connectivity index (χ0) is 14.6. The van der Waals surface area contributed by atoms with Crippen molar-refractivity contribution in [2.24, 2.45) is 0 Å². The van der Waals surface area contributed by atoms with Crippen molar-refractivity contribution in [3.63, 3.8) is 0 Å². The average Bonchev–Trinajstić information content (AvgIpc) is 2.93. The smallest absolute Gasteiger partial charge is 0.247 e. The molecule has 0 aliphatic rings. The lowest BCUT2D eigenvalue weighted by Gasteiger charge is -2.11. The van der Waals surface area contributed by atoms with Gasteiger partial charge >= 0.3 is 0 Å². The first kappa shape index (κ1) is 14.8. The summed E-state index contributed by atoms with van der Waals surface area (Å²) >= 11 is 5.51. The number of rotatable bonds is 6. The number of alkyl halides is 1. The third-order valence-corrected chi connectivity index (χ3v) is 4.28. The molecule has 0 radical (unpaired) electrons. The van der Waals surface area contributed by atoms with Crippen LogP contribution in [0.1, 0.15) is 12.0 Å². The highest BCUT2D eigenvalue weighted by Crippen LogP contribution is 2.24. The molecule has 1 heterocycles. The minimum absolute atomic E-state index is 0.0132. The molecule has 0 saturated carbocycles. The molecule has 0 saturated heterocycles. The van der Waals surface area contributed by atoms with Crippen molar-refractivity contribution >= 4 is 27.3 Å². The number of anilines is 1. The molecular weight excluding hydrogens is 302 g/mol. The summed E-state index contributed by atoms with van der Waals surface area (Å²) in [5.74, 6) is 0.633. The fraction of sp³-hybridized carbons (Fsp3) is 0.333. The number of sulfonamides is 1. The SMILES string of the molecule is Cc1ccc(-c2nnco2)cc1NS(=O)(=O)CCCCl. The molecular formula is C12H14ClN3O3S. The van der Waals surface area contributed by atoms with E-state index in [4.69, 9.17) is 16.0 Å². The van der Waals surface area contributed by atoms with Crippen LogP contribution in [0.3, 0.4) is 0 Å². The van der Waals surface area contributed by atoms with Crippen LogP contribution in [0.2, 0.25) is 0 Å². The highest BCUT2D eigenvalue weighted by Gasteiger charge is 2.13. The van der Waals surface area contributed by atoms with Crippen LogP contribution in [0.4, 0.5) is 5.69 Å². The molecule has 0 amide bonds. The van der Waals surface area contributed by atoms with Crippen molar-refractivity contribution in [2.75, 3.05) is 16.4 Å². The largest absolute Gasteiger partial charge is 0.423 e. The molecule has 6 nitrogen and oxygen atoms in total. The molecule has 0 atom stereocenters. The standard InChI is InChI=1S/C12H14ClN3O3S/c1-9-3-4-10(12-15-14-8-19-12)7-11(9)16-20(17,18)6-2-5-13/h3-4,7-8,16H,2,5-6H2,1H3. The summed E-state index contributed by atoms with van der Waals surface area (Å²) in [4.78, 5) is 0. The Hall–Kier alpha value is -1.60. The van der Waals surface area contributed by atoms with Crippen LogP contribution < -0.4 is 4.72 Å². The van der Waals surface area contributed by atoms with Crippen molar-refractivity contribution in [1.29, 1.82) is 0 Å². The number of aromatic nitrogens is 2. The van der Waals surface area contributed by atoms with Crippen LogP contribution in [-0.4, -0.2) is 30.2 Å². The van der Waals surface area contributed by atoms with E-state index in [-0.39, 0.29) is 5.75 Å². The second-order valence-corrected chi connectivity index (χ2v) is 6.46. The zero-order valence-corrected chi connectivity index (χ0v) is 12.4. The number of nitrogens with zero attached hydrogens (tertiary/aromatic N) is 2. The Morgan fingerprint density at radius 2 is 2.20 bits per heavy atom. The first-order valence-corrected chi connectivity index (χ1v) is 8.14. The van der Waals surface area contributed by atoms with Gasteiger partial charge in [-0.05, 0) is 31.0 Å². The van der Waals surface area contributed by atoms with Crippen LogP contribution in [0.15, 0.2) is 29.0 Å². The van der Waals surface area contributed by atoms with E-state index in [1.54, 1.807) is 18.2 Å². The summed E-state index contributed by atoms with van der Waals surface area (Å²) in [6.45, 7) is 1.82. The van der Waals surface area contributed by atoms with Gasteiger partial charge in [0, 0.05) is 11.4 Å². The number of hydrogen-bond acceptors (Lipinski definition) is 5. The Labute approximate surface area is 122 Å². The maximum Gasteiger partial charge on any atom is 0.247 e. The van der Waals surface area contributed by atoms with E-state index >= 15 is 0 Å². The van der Waals surface area contributed by atoms with E-state index < -0.39 is 10.0 Å². The third kappa shape index (κ3) is 3.71. The quantitative estimate of drug-likeness (QED) is 0.827. The molecule has 108 valence electrons. The number of nitrogens with one attached hydrogen (secondary N) is 1. The van der Waals surface area contributed by atoms with Crippen molar-refractivity contribution in [3.8, 4) is 11.5 Å². The van der Waals surface area contributed by atoms with Crippen LogP contribution in [0, 0.1) is 6.92 Å². The van der Waals surface area contributed by atoms with Gasteiger partial charge in [-0.1, -0.05) is 6.07 Å². The van der Waals surface area contributed by atoms with Crippen molar-refractivity contribution < 1.29 is 12.8 Å². The number of hydrogen-bond donors (Lipinski definition) is 1. The van der Waals surface area contributed by atoms with E-state index in [1.165, 1.54) is 6.39 Å². The summed E-state index contributed by atoms with van der Waals surface area (Å²) < 4.78 is 31.4. The molecule has 0 aliphatic heterocycles. The summed E-state index contributed by atoms with van der Waals surface area (Å²) in [7, 11) is -3.41. The van der Waals surface area contributed by atoms with Crippen molar-refractivity contribution in [1.82, 2.24) is 10.2 Å². The Morgan fingerprint density at radius 3 is 2.85 bits per heavy atom. The fourth-order valence-electron chi connectivity index (χ4n) is 1.63. The van der Waals surface area contributed by atoms with Gasteiger partial charge in [0.25, 0.3) is 0 Å². The molecule has 0 spiro atoms. The first-order chi connectivity index (χ1) is 9.52. The summed E-state index contributed by atoms with van der Waals surface area (Å²) in [6, 6.07) is 5.25. The van der Waals surface area contributed by atoms with Crippen molar-refractivity contribution in [2.45, 2.75) is 13.3 Å². The molecule has 0 fully saturated rings. The van der Waals surface area contributed by atoms with Gasteiger partial charge in [0.2, 0.25) is 22.3 Å². The van der Waals surface area contributed by atoms with E-state index in [9.17, 15) is 8.42 Å². The first-order valence-electron chi connectivity index (χ1n) is 5.95. The van der Waals surface area contributed by atoms with E-state index in [1.807, 2.05) is 6.92 Å². The predicted molar refractivity (Wildman–Crippen MR) is 77.2 cm³/mol. The fourth-order valence-corrected chi connectivity index (χ4v) is 3.10. The lowest BCUT2D eigenvalue weighted by molar-refractivity contribution is 0.568. The molecule has 0 unspecified atom stereocenters. The van der Waals surface area contributed by atoms with Gasteiger partial charge in [0.15, 0.2) is 0 Å². The summed E-state index contributed by atoms with van der Waals surface area (Å²) in [5, 5.41) is 7.39. The second-order valence-electron chi connectivity index (χ2n) is 4.24. The summed E-state index contributed by atoms with van der Waals surface area (Å²) in [6.07, 6.45) is 1.62. The van der Waals surface area contributed by atoms with E-state index in [0.29, 0.717) is 29.4 Å². The van der Waals surface area contributed by atoms with Gasteiger partial charge in [-0.3, -0.25) is 4.72 Å². The Kier molecular flexibility index (Phi) is 4.61. The van der Waals surface area contributed by atoms with Gasteiger partial charge < -0.3 is 4.42 Å². The Bertz CT molecular complexity index is 671. The molecule has 1 N–H and O–H groups in total. The monoisotopic (exact) mass is 315 g/mol. The molecule has 2 aromatic rings. The third-order valence-electron chi connectivity index (χ3n) is 2.66. The number of aryl methyl sites for hydroxylation is 1. The van der Waals surface area contributed by atoms with Gasteiger partial charge in [0.05, 0.1) is 11.4 Å². The average molecular weight is 316 g/mol. The molecule has 2 rings (SSSR count). The van der Waals surface area contributed by atoms with E-state index in [0.717, 1.165) is 5.56 Å². The molecule has 20 heavy (non-hydrogen) atoms. The van der Waals surface area contributed by atoms with Crippen LogP contribution in [0.5, 0.6) is 0 Å². The van der Waals surface area contributed by atoms with Crippen LogP contribution in [0.25, 0.3) is 11.5 Å². The van der Waals surface area contributed by atoms with Gasteiger partial charge in [0.1, 0.15) is 0 Å². The maximum atomic E-state index is 11.9. The van der Waals surface area contributed by atoms with Crippen LogP contribution >= 0.6 is 11.6 Å². The molecule has 1 aromatic carbocycles. The minimum Gasteiger partial charge on any atom is -0.423 e. The van der Waals surface area contributed by atoms with E-state index in [2.05, 4.69) is 14.9 Å². The van der Waals surface area contributed by atoms with Gasteiger partial charge in [-0.15, -0.1) is 21.8 Å². The topological polar surface area (TPSA) is 85.1 Å². The molecule has 1 aromatic heterocycles. The Balaban J connectivity index is 2.26. The van der Waals surface area contributed by atoms with Gasteiger partial charge in [-0.2, -0.15) is 0 Å². The van der Waals surface area contributed by atoms with Crippen LogP contribution in [-0.2, 0) is 10.0 Å². The second kappa shape index (κ2) is 6.23. The minimum atomic E-state index is -3.41. The number of halogens is 1. The molecule has 0 bridgehead atoms. The Morgan fingerprint density at radius 1 is 1.40 bits per heavy atom. The van der Waals surface area contributed by atoms with Crippen molar-refractivity contribution in [3.05, 3.63) is 30.2 Å². The zero-order valence-electron chi connectivity index (χ0n) is 10.8. The lowest BCUT2D eigenvalue weighted by Crippen LogP contribution is -2.17. The van der Waals surface area contributed by atoms with Gasteiger partial charge in [-0.25, -0.2) is 8.42 Å².